The Morgan fingerprint density at radius 3 is 2.62 bits per heavy atom. The molecule has 0 saturated heterocycles. The molecule has 3 rings (SSSR count). The van der Waals surface area contributed by atoms with Crippen LogP contribution in [-0.4, -0.2) is 21.3 Å². The zero-order valence-electron chi connectivity index (χ0n) is 11.1. The molecule has 0 fully saturated rings. The third-order valence-corrected chi connectivity index (χ3v) is 4.07. The van der Waals surface area contributed by atoms with Crippen LogP contribution in [0.5, 0.6) is 0 Å². The van der Waals surface area contributed by atoms with Crippen LogP contribution in [0, 0.1) is 0 Å². The van der Waals surface area contributed by atoms with Gasteiger partial charge in [0.15, 0.2) is 0 Å². The fraction of sp³-hybridized carbons (Fsp3) is 0.0625. The van der Waals surface area contributed by atoms with Gasteiger partial charge in [-0.2, -0.15) is 10.2 Å². The van der Waals surface area contributed by atoms with E-state index in [1.54, 1.807) is 18.0 Å². The van der Waals surface area contributed by atoms with Gasteiger partial charge in [-0.25, -0.2) is 0 Å². The first-order valence-electron chi connectivity index (χ1n) is 6.41. The maximum atomic E-state index is 10.7. The van der Waals surface area contributed by atoms with Gasteiger partial charge in [-0.3, -0.25) is 4.79 Å². The van der Waals surface area contributed by atoms with Gasteiger partial charge < -0.3 is 5.11 Å². The molecule has 0 radical (unpaired) electrons. The van der Waals surface area contributed by atoms with Crippen LogP contribution >= 0.6 is 11.8 Å². The SMILES string of the molecule is O=C(O)Cc1ccc(Sc2cnnc3ccccc23)cc1. The second-order valence-electron chi connectivity index (χ2n) is 4.54. The van der Waals surface area contributed by atoms with E-state index < -0.39 is 5.97 Å². The highest BCUT2D eigenvalue weighted by molar-refractivity contribution is 7.99. The molecule has 0 unspecified atom stereocenters. The lowest BCUT2D eigenvalue weighted by Gasteiger charge is -2.05. The molecule has 0 bridgehead atoms. The average molecular weight is 296 g/mol. The molecule has 0 aliphatic carbocycles. The topological polar surface area (TPSA) is 63.1 Å². The van der Waals surface area contributed by atoms with Crippen molar-refractivity contribution in [3.63, 3.8) is 0 Å². The summed E-state index contributed by atoms with van der Waals surface area (Å²) in [5.74, 6) is -0.820. The number of aliphatic carboxylic acids is 1. The van der Waals surface area contributed by atoms with Crippen LogP contribution < -0.4 is 0 Å². The Labute approximate surface area is 125 Å². The Balaban J connectivity index is 1.87. The first kappa shape index (κ1) is 13.6. The van der Waals surface area contributed by atoms with E-state index in [9.17, 15) is 4.79 Å². The molecular formula is C16H12N2O2S. The first-order valence-corrected chi connectivity index (χ1v) is 7.23. The van der Waals surface area contributed by atoms with Gasteiger partial charge in [0.05, 0.1) is 18.1 Å². The Kier molecular flexibility index (Phi) is 3.83. The number of carbonyl (C=O) groups is 1. The number of benzene rings is 2. The number of fused-ring (bicyclic) bond motifs is 1. The van der Waals surface area contributed by atoms with E-state index in [0.717, 1.165) is 26.3 Å². The largest absolute Gasteiger partial charge is 0.481 e. The van der Waals surface area contributed by atoms with Crippen molar-refractivity contribution in [1.29, 1.82) is 0 Å². The predicted molar refractivity (Wildman–Crippen MR) is 81.4 cm³/mol. The van der Waals surface area contributed by atoms with Crippen molar-refractivity contribution in [1.82, 2.24) is 10.2 Å². The number of hydrogen-bond acceptors (Lipinski definition) is 4. The van der Waals surface area contributed by atoms with E-state index in [1.807, 2.05) is 48.5 Å². The summed E-state index contributed by atoms with van der Waals surface area (Å²) >= 11 is 1.59. The number of rotatable bonds is 4. The van der Waals surface area contributed by atoms with E-state index in [2.05, 4.69) is 10.2 Å². The molecule has 4 nitrogen and oxygen atoms in total. The van der Waals surface area contributed by atoms with Gasteiger partial charge in [0.2, 0.25) is 0 Å². The fourth-order valence-electron chi connectivity index (χ4n) is 2.04. The molecule has 0 amide bonds. The number of hydrogen-bond donors (Lipinski definition) is 1. The van der Waals surface area contributed by atoms with Crippen LogP contribution in [0.3, 0.4) is 0 Å². The standard InChI is InChI=1S/C16H12N2O2S/c19-16(20)9-11-5-7-12(8-6-11)21-15-10-17-18-14-4-2-1-3-13(14)15/h1-8,10H,9H2,(H,19,20). The monoisotopic (exact) mass is 296 g/mol. The normalized spacial score (nSPS) is 10.7. The van der Waals surface area contributed by atoms with Crippen LogP contribution in [0.15, 0.2) is 64.5 Å². The molecule has 1 aromatic heterocycles. The third-order valence-electron chi connectivity index (χ3n) is 3.02. The van der Waals surface area contributed by atoms with Gasteiger partial charge in [0.25, 0.3) is 0 Å². The second kappa shape index (κ2) is 5.93. The first-order chi connectivity index (χ1) is 10.2. The van der Waals surface area contributed by atoms with Crippen molar-refractivity contribution in [2.24, 2.45) is 0 Å². The van der Waals surface area contributed by atoms with Crippen molar-refractivity contribution in [3.05, 3.63) is 60.3 Å². The third kappa shape index (κ3) is 3.20. The Morgan fingerprint density at radius 1 is 1.10 bits per heavy atom. The van der Waals surface area contributed by atoms with Gasteiger partial charge >= 0.3 is 5.97 Å². The summed E-state index contributed by atoms with van der Waals surface area (Å²) in [6, 6.07) is 15.4. The van der Waals surface area contributed by atoms with Crippen LogP contribution in [0.2, 0.25) is 0 Å². The van der Waals surface area contributed by atoms with Gasteiger partial charge in [-0.05, 0) is 23.8 Å². The molecule has 0 saturated carbocycles. The van der Waals surface area contributed by atoms with Crippen LogP contribution in [0.4, 0.5) is 0 Å². The zero-order chi connectivity index (χ0) is 14.7. The number of carboxylic acids is 1. The minimum absolute atomic E-state index is 0.0463. The highest BCUT2D eigenvalue weighted by atomic mass is 32.2. The maximum Gasteiger partial charge on any atom is 0.307 e. The molecule has 2 aromatic carbocycles. The van der Waals surface area contributed by atoms with E-state index in [1.165, 1.54) is 0 Å². The van der Waals surface area contributed by atoms with Gasteiger partial charge in [0, 0.05) is 15.2 Å². The minimum atomic E-state index is -0.820. The number of nitrogens with zero attached hydrogens (tertiary/aromatic N) is 2. The summed E-state index contributed by atoms with van der Waals surface area (Å²) in [6.07, 6.45) is 1.79. The van der Waals surface area contributed by atoms with Crippen LogP contribution in [-0.2, 0) is 11.2 Å². The minimum Gasteiger partial charge on any atom is -0.481 e. The van der Waals surface area contributed by atoms with Crippen molar-refractivity contribution in [3.8, 4) is 0 Å². The molecule has 0 atom stereocenters. The smallest absolute Gasteiger partial charge is 0.307 e. The van der Waals surface area contributed by atoms with Crippen molar-refractivity contribution >= 4 is 28.6 Å². The van der Waals surface area contributed by atoms with E-state index >= 15 is 0 Å². The van der Waals surface area contributed by atoms with Crippen molar-refractivity contribution < 1.29 is 9.90 Å². The van der Waals surface area contributed by atoms with E-state index in [0.29, 0.717) is 0 Å². The maximum absolute atomic E-state index is 10.7. The fourth-order valence-corrected chi connectivity index (χ4v) is 2.95. The summed E-state index contributed by atoms with van der Waals surface area (Å²) < 4.78 is 0. The van der Waals surface area contributed by atoms with Gasteiger partial charge in [-0.1, -0.05) is 42.1 Å². The van der Waals surface area contributed by atoms with Gasteiger partial charge in [-0.15, -0.1) is 0 Å². The summed E-state index contributed by atoms with van der Waals surface area (Å²) in [4.78, 5) is 12.7. The molecule has 1 N–H and O–H groups in total. The zero-order valence-corrected chi connectivity index (χ0v) is 11.9. The molecule has 5 heteroatoms. The second-order valence-corrected chi connectivity index (χ2v) is 5.66. The lowest BCUT2D eigenvalue weighted by atomic mass is 10.2. The van der Waals surface area contributed by atoms with Crippen LogP contribution in [0.1, 0.15) is 5.56 Å². The highest BCUT2D eigenvalue weighted by Crippen LogP contribution is 2.32. The number of aromatic nitrogens is 2. The molecular weight excluding hydrogens is 284 g/mol. The van der Waals surface area contributed by atoms with E-state index in [4.69, 9.17) is 5.11 Å². The summed E-state index contributed by atoms with van der Waals surface area (Å²) in [7, 11) is 0. The van der Waals surface area contributed by atoms with E-state index in [-0.39, 0.29) is 6.42 Å². The Bertz CT molecular complexity index is 782. The lowest BCUT2D eigenvalue weighted by Crippen LogP contribution is -1.99. The molecule has 0 spiro atoms. The van der Waals surface area contributed by atoms with Gasteiger partial charge in [0.1, 0.15) is 0 Å². The predicted octanol–water partition coefficient (Wildman–Crippen LogP) is 3.41. The summed E-state index contributed by atoms with van der Waals surface area (Å²) in [6.45, 7) is 0. The van der Waals surface area contributed by atoms with Crippen molar-refractivity contribution in [2.45, 2.75) is 16.2 Å². The molecule has 1 heterocycles. The van der Waals surface area contributed by atoms with Crippen molar-refractivity contribution in [2.75, 3.05) is 0 Å². The summed E-state index contributed by atoms with van der Waals surface area (Å²) in [5, 5.41) is 18.0. The quantitative estimate of drug-likeness (QED) is 0.799. The molecule has 0 aliphatic rings. The molecule has 21 heavy (non-hydrogen) atoms. The summed E-state index contributed by atoms with van der Waals surface area (Å²) in [5.41, 5.74) is 1.66. The highest BCUT2D eigenvalue weighted by Gasteiger charge is 2.05. The lowest BCUT2D eigenvalue weighted by molar-refractivity contribution is -0.136. The molecule has 3 aromatic rings. The molecule has 104 valence electrons. The average Bonchev–Trinajstić information content (AvgIpc) is 2.49. The van der Waals surface area contributed by atoms with Crippen LogP contribution in [0.25, 0.3) is 10.9 Å². The Morgan fingerprint density at radius 2 is 1.86 bits per heavy atom. The Hall–Kier alpha value is -2.40. The molecule has 0 aliphatic heterocycles. The number of carboxylic acid groups (broad SMARTS) is 1.